The maximum Gasteiger partial charge on any atom is 0.151 e. The number of thiophene rings is 1. The Balaban J connectivity index is 1.43. The van der Waals surface area contributed by atoms with Gasteiger partial charge in [0, 0.05) is 6.54 Å². The second-order valence-electron chi connectivity index (χ2n) is 6.88. The molecule has 27 heavy (non-hydrogen) atoms. The first-order chi connectivity index (χ1) is 13.2. The van der Waals surface area contributed by atoms with Gasteiger partial charge in [-0.15, -0.1) is 11.3 Å². The SMILES string of the molecule is Cc1ccc(C)c(OCCCCn2c(-c3cccs3)nc3ccccc32)c1. The molecule has 138 valence electrons. The van der Waals surface area contributed by atoms with E-state index in [0.29, 0.717) is 0 Å². The van der Waals surface area contributed by atoms with Crippen molar-refractivity contribution in [3.63, 3.8) is 0 Å². The van der Waals surface area contributed by atoms with Crippen LogP contribution >= 0.6 is 11.3 Å². The molecule has 0 aliphatic carbocycles. The lowest BCUT2D eigenvalue weighted by Gasteiger charge is -2.11. The lowest BCUT2D eigenvalue weighted by Crippen LogP contribution is -2.04. The van der Waals surface area contributed by atoms with E-state index in [1.54, 1.807) is 11.3 Å². The first-order valence-electron chi connectivity index (χ1n) is 9.41. The molecule has 2 heterocycles. The van der Waals surface area contributed by atoms with Gasteiger partial charge in [-0.05, 0) is 67.5 Å². The van der Waals surface area contributed by atoms with E-state index in [1.807, 2.05) is 0 Å². The van der Waals surface area contributed by atoms with Crippen molar-refractivity contribution >= 4 is 22.4 Å². The molecule has 3 nitrogen and oxygen atoms in total. The maximum atomic E-state index is 6.00. The van der Waals surface area contributed by atoms with E-state index in [0.717, 1.165) is 43.1 Å². The van der Waals surface area contributed by atoms with Crippen molar-refractivity contribution in [2.45, 2.75) is 33.2 Å². The van der Waals surface area contributed by atoms with Gasteiger partial charge in [-0.1, -0.05) is 30.3 Å². The van der Waals surface area contributed by atoms with E-state index in [9.17, 15) is 0 Å². The Kier molecular flexibility index (Phi) is 5.26. The van der Waals surface area contributed by atoms with Crippen LogP contribution in [-0.4, -0.2) is 16.2 Å². The van der Waals surface area contributed by atoms with Gasteiger partial charge in [0.25, 0.3) is 0 Å². The number of hydrogen-bond donors (Lipinski definition) is 0. The molecule has 0 saturated carbocycles. The van der Waals surface area contributed by atoms with Gasteiger partial charge in [0.1, 0.15) is 5.75 Å². The lowest BCUT2D eigenvalue weighted by molar-refractivity contribution is 0.301. The molecule has 0 aliphatic rings. The molecule has 0 fully saturated rings. The van der Waals surface area contributed by atoms with Crippen molar-refractivity contribution in [1.29, 1.82) is 0 Å². The Morgan fingerprint density at radius 2 is 1.89 bits per heavy atom. The highest BCUT2D eigenvalue weighted by Gasteiger charge is 2.12. The minimum Gasteiger partial charge on any atom is -0.493 e. The summed E-state index contributed by atoms with van der Waals surface area (Å²) in [4.78, 5) is 6.09. The van der Waals surface area contributed by atoms with E-state index in [4.69, 9.17) is 9.72 Å². The third-order valence-electron chi connectivity index (χ3n) is 4.77. The summed E-state index contributed by atoms with van der Waals surface area (Å²) in [5.41, 5.74) is 4.70. The van der Waals surface area contributed by atoms with Gasteiger partial charge in [0.05, 0.1) is 22.5 Å². The molecule has 2 aromatic carbocycles. The van der Waals surface area contributed by atoms with Crippen LogP contribution in [0.25, 0.3) is 21.7 Å². The van der Waals surface area contributed by atoms with Gasteiger partial charge in [0.15, 0.2) is 5.82 Å². The van der Waals surface area contributed by atoms with Crippen LogP contribution in [0.2, 0.25) is 0 Å². The number of ether oxygens (including phenoxy) is 1. The molecule has 0 spiro atoms. The van der Waals surface area contributed by atoms with Crippen LogP contribution in [0.5, 0.6) is 5.75 Å². The lowest BCUT2D eigenvalue weighted by atomic mass is 10.1. The summed E-state index contributed by atoms with van der Waals surface area (Å²) in [6, 6.07) is 19.0. The average Bonchev–Trinajstić information content (AvgIpc) is 3.32. The van der Waals surface area contributed by atoms with E-state index >= 15 is 0 Å². The summed E-state index contributed by atoms with van der Waals surface area (Å²) in [5, 5.41) is 2.11. The van der Waals surface area contributed by atoms with Crippen LogP contribution in [0.3, 0.4) is 0 Å². The predicted molar refractivity (Wildman–Crippen MR) is 114 cm³/mol. The van der Waals surface area contributed by atoms with Gasteiger partial charge in [0.2, 0.25) is 0 Å². The van der Waals surface area contributed by atoms with Crippen LogP contribution in [0.4, 0.5) is 0 Å². The number of aromatic nitrogens is 2. The van der Waals surface area contributed by atoms with Gasteiger partial charge in [-0.3, -0.25) is 0 Å². The molecular weight excluding hydrogens is 352 g/mol. The standard InChI is InChI=1S/C23H24N2OS/c1-17-11-12-18(2)21(16-17)26-14-6-5-13-25-20-9-4-3-8-19(20)24-23(25)22-10-7-15-27-22/h3-4,7-12,15-16H,5-6,13-14H2,1-2H3. The zero-order valence-electron chi connectivity index (χ0n) is 15.8. The highest BCUT2D eigenvalue weighted by Crippen LogP contribution is 2.28. The minimum atomic E-state index is 0.741. The highest BCUT2D eigenvalue weighted by atomic mass is 32.1. The summed E-state index contributed by atoms with van der Waals surface area (Å²) >= 11 is 1.74. The van der Waals surface area contributed by atoms with Gasteiger partial charge in [-0.2, -0.15) is 0 Å². The van der Waals surface area contributed by atoms with Crippen molar-refractivity contribution in [3.8, 4) is 16.5 Å². The number of aryl methyl sites for hydroxylation is 3. The molecule has 0 amide bonds. The third kappa shape index (κ3) is 3.91. The van der Waals surface area contributed by atoms with Crippen molar-refractivity contribution < 1.29 is 4.74 Å². The van der Waals surface area contributed by atoms with Gasteiger partial charge < -0.3 is 9.30 Å². The predicted octanol–water partition coefficient (Wildman–Crippen LogP) is 6.24. The second kappa shape index (κ2) is 7.97. The van der Waals surface area contributed by atoms with E-state index < -0.39 is 0 Å². The minimum absolute atomic E-state index is 0.741. The topological polar surface area (TPSA) is 27.1 Å². The summed E-state index contributed by atoms with van der Waals surface area (Å²) < 4.78 is 8.35. The quantitative estimate of drug-likeness (QED) is 0.357. The Hall–Kier alpha value is -2.59. The number of nitrogens with zero attached hydrogens (tertiary/aromatic N) is 2. The molecule has 0 bridgehead atoms. The Labute approximate surface area is 164 Å². The van der Waals surface area contributed by atoms with Gasteiger partial charge in [-0.25, -0.2) is 4.98 Å². The van der Waals surface area contributed by atoms with Crippen LogP contribution in [-0.2, 0) is 6.54 Å². The van der Waals surface area contributed by atoms with Crippen molar-refractivity contribution in [2.75, 3.05) is 6.61 Å². The molecule has 4 rings (SSSR count). The summed E-state index contributed by atoms with van der Waals surface area (Å²) in [7, 11) is 0. The van der Waals surface area contributed by atoms with E-state index in [1.165, 1.54) is 21.5 Å². The fourth-order valence-corrected chi connectivity index (χ4v) is 4.03. The molecule has 4 aromatic rings. The van der Waals surface area contributed by atoms with Crippen LogP contribution in [0.1, 0.15) is 24.0 Å². The average molecular weight is 377 g/mol. The third-order valence-corrected chi connectivity index (χ3v) is 5.64. The fourth-order valence-electron chi connectivity index (χ4n) is 3.31. The van der Waals surface area contributed by atoms with Crippen molar-refractivity contribution in [2.24, 2.45) is 0 Å². The zero-order valence-corrected chi connectivity index (χ0v) is 16.6. The molecule has 4 heteroatoms. The number of hydrogen-bond acceptors (Lipinski definition) is 3. The summed E-state index contributed by atoms with van der Waals surface area (Å²) in [6.07, 6.45) is 2.08. The number of unbranched alkanes of at least 4 members (excludes halogenated alkanes) is 1. The van der Waals surface area contributed by atoms with E-state index in [2.05, 4.69) is 78.4 Å². The molecule has 0 aliphatic heterocycles. The number of fused-ring (bicyclic) bond motifs is 1. The fraction of sp³-hybridized carbons (Fsp3) is 0.261. The van der Waals surface area contributed by atoms with Crippen LogP contribution in [0.15, 0.2) is 60.0 Å². The van der Waals surface area contributed by atoms with Crippen LogP contribution in [0, 0.1) is 13.8 Å². The monoisotopic (exact) mass is 376 g/mol. The number of imidazole rings is 1. The molecule has 0 unspecified atom stereocenters. The van der Waals surface area contributed by atoms with Crippen molar-refractivity contribution in [1.82, 2.24) is 9.55 Å². The Morgan fingerprint density at radius 1 is 1.00 bits per heavy atom. The largest absolute Gasteiger partial charge is 0.493 e. The molecule has 0 saturated heterocycles. The molecule has 0 N–H and O–H groups in total. The Morgan fingerprint density at radius 3 is 2.74 bits per heavy atom. The normalized spacial score (nSPS) is 11.2. The van der Waals surface area contributed by atoms with E-state index in [-0.39, 0.29) is 0 Å². The van der Waals surface area contributed by atoms with Crippen molar-refractivity contribution in [3.05, 3.63) is 71.1 Å². The molecule has 0 atom stereocenters. The first-order valence-corrected chi connectivity index (χ1v) is 10.3. The van der Waals surface area contributed by atoms with Gasteiger partial charge >= 0.3 is 0 Å². The molecule has 0 radical (unpaired) electrons. The smallest absolute Gasteiger partial charge is 0.151 e. The first kappa shape index (κ1) is 17.8. The Bertz CT molecular complexity index is 1030. The summed E-state index contributed by atoms with van der Waals surface area (Å²) in [6.45, 7) is 5.89. The highest BCUT2D eigenvalue weighted by molar-refractivity contribution is 7.13. The zero-order chi connectivity index (χ0) is 18.6. The maximum absolute atomic E-state index is 6.00. The molecular formula is C23H24N2OS. The molecule has 2 aromatic heterocycles. The second-order valence-corrected chi connectivity index (χ2v) is 7.83. The number of rotatable bonds is 7. The number of benzene rings is 2. The summed E-state index contributed by atoms with van der Waals surface area (Å²) in [5.74, 6) is 2.07. The number of para-hydroxylation sites is 2. The van der Waals surface area contributed by atoms with Crippen LogP contribution < -0.4 is 4.74 Å².